The third kappa shape index (κ3) is 3.70. The molecule has 0 aliphatic heterocycles. The van der Waals surface area contributed by atoms with Gasteiger partial charge in [0.05, 0.1) is 14.9 Å². The average Bonchev–Trinajstić information content (AvgIpc) is 2.80. The third-order valence-corrected chi connectivity index (χ3v) is 4.92. The van der Waals surface area contributed by atoms with E-state index in [-0.39, 0.29) is 21.2 Å². The maximum absolute atomic E-state index is 12.3. The lowest BCUT2D eigenvalue weighted by Crippen LogP contribution is -2.13. The highest BCUT2D eigenvalue weighted by Crippen LogP contribution is 2.27. The van der Waals surface area contributed by atoms with E-state index in [9.17, 15) is 8.42 Å². The molecule has 0 spiro atoms. The Morgan fingerprint density at radius 3 is 2.33 bits per heavy atom. The highest BCUT2D eigenvalue weighted by molar-refractivity contribution is 7.92. The van der Waals surface area contributed by atoms with Crippen molar-refractivity contribution < 1.29 is 8.42 Å². The number of nitrogens with one attached hydrogen (secondary N) is 2. The number of nitrogens with zero attached hydrogens (tertiary/aromatic N) is 1. The van der Waals surface area contributed by atoms with Crippen molar-refractivity contribution >= 4 is 39.0 Å². The van der Waals surface area contributed by atoms with Crippen LogP contribution in [0.15, 0.2) is 29.2 Å². The molecule has 0 saturated heterocycles. The van der Waals surface area contributed by atoms with Gasteiger partial charge >= 0.3 is 0 Å². The van der Waals surface area contributed by atoms with Gasteiger partial charge in [0, 0.05) is 17.2 Å². The van der Waals surface area contributed by atoms with E-state index in [2.05, 4.69) is 14.9 Å². The Morgan fingerprint density at radius 1 is 1.14 bits per heavy atom. The normalized spacial score (nSPS) is 12.4. The highest BCUT2D eigenvalue weighted by Gasteiger charge is 2.20. The molecule has 8 heteroatoms. The zero-order valence-corrected chi connectivity index (χ0v) is 14.1. The molecular weight excluding hydrogens is 333 g/mol. The summed E-state index contributed by atoms with van der Waals surface area (Å²) in [6, 6.07) is 5.77. The van der Waals surface area contributed by atoms with E-state index in [0.29, 0.717) is 5.02 Å². The van der Waals surface area contributed by atoms with E-state index < -0.39 is 10.0 Å². The lowest BCUT2D eigenvalue weighted by atomic mass is 9.92. The first-order valence-electron chi connectivity index (χ1n) is 6.13. The Balaban J connectivity index is 2.29. The Bertz CT molecular complexity index is 764. The van der Waals surface area contributed by atoms with Gasteiger partial charge in [0.1, 0.15) is 0 Å². The monoisotopic (exact) mass is 347 g/mol. The zero-order chi connectivity index (χ0) is 15.8. The molecule has 0 bridgehead atoms. The molecule has 0 aliphatic rings. The molecule has 2 rings (SSSR count). The molecule has 0 radical (unpaired) electrons. The molecule has 0 aliphatic carbocycles. The molecule has 114 valence electrons. The predicted molar refractivity (Wildman–Crippen MR) is 84.6 cm³/mol. The zero-order valence-electron chi connectivity index (χ0n) is 11.7. The van der Waals surface area contributed by atoms with Crippen LogP contribution < -0.4 is 4.72 Å². The van der Waals surface area contributed by atoms with Crippen molar-refractivity contribution in [2.24, 2.45) is 0 Å². The Kier molecular flexibility index (Phi) is 4.24. The number of sulfonamides is 1. The van der Waals surface area contributed by atoms with Crippen LogP contribution in [0.5, 0.6) is 0 Å². The summed E-state index contributed by atoms with van der Waals surface area (Å²) < 4.78 is 26.9. The number of hydrogen-bond donors (Lipinski definition) is 2. The molecule has 0 unspecified atom stereocenters. The SMILES string of the molecule is CC(C)(C)c1cc(NS(=O)(=O)c2ccc(Cl)c(Cl)c2)n[nH]1. The fourth-order valence-corrected chi connectivity index (χ4v) is 2.98. The van der Waals surface area contributed by atoms with Gasteiger partial charge in [-0.15, -0.1) is 0 Å². The second-order valence-electron chi connectivity index (χ2n) is 5.60. The molecular formula is C13H15Cl2N3O2S. The molecule has 1 aromatic carbocycles. The molecule has 1 aromatic heterocycles. The van der Waals surface area contributed by atoms with Crippen molar-refractivity contribution in [3.05, 3.63) is 40.0 Å². The van der Waals surface area contributed by atoms with Gasteiger partial charge in [-0.05, 0) is 18.2 Å². The van der Waals surface area contributed by atoms with E-state index in [1.54, 1.807) is 6.07 Å². The van der Waals surface area contributed by atoms with Gasteiger partial charge in [-0.25, -0.2) is 8.42 Å². The first kappa shape index (κ1) is 16.1. The average molecular weight is 348 g/mol. The molecule has 0 saturated carbocycles. The van der Waals surface area contributed by atoms with Crippen LogP contribution in [-0.4, -0.2) is 18.6 Å². The van der Waals surface area contributed by atoms with Crippen LogP contribution in [0.1, 0.15) is 26.5 Å². The van der Waals surface area contributed by atoms with E-state index in [4.69, 9.17) is 23.2 Å². The summed E-state index contributed by atoms with van der Waals surface area (Å²) in [5.41, 5.74) is 0.676. The number of halogens is 2. The van der Waals surface area contributed by atoms with Crippen molar-refractivity contribution in [3.8, 4) is 0 Å². The molecule has 0 fully saturated rings. The van der Waals surface area contributed by atoms with E-state index in [1.165, 1.54) is 18.2 Å². The van der Waals surface area contributed by atoms with Crippen molar-refractivity contribution in [2.75, 3.05) is 4.72 Å². The van der Waals surface area contributed by atoms with E-state index >= 15 is 0 Å². The van der Waals surface area contributed by atoms with Gasteiger partial charge in [0.25, 0.3) is 10.0 Å². The van der Waals surface area contributed by atoms with Gasteiger partial charge in [0.15, 0.2) is 5.82 Å². The summed E-state index contributed by atoms with van der Waals surface area (Å²) in [6.07, 6.45) is 0. The minimum absolute atomic E-state index is 0.0252. The van der Waals surface area contributed by atoms with E-state index in [1.807, 2.05) is 20.8 Å². The number of aromatic nitrogens is 2. The van der Waals surface area contributed by atoms with Crippen molar-refractivity contribution in [3.63, 3.8) is 0 Å². The first-order chi connectivity index (χ1) is 9.59. The standard InChI is InChI=1S/C13H15Cl2N3O2S/c1-13(2,3)11-7-12(17-16-11)18-21(19,20)8-4-5-9(14)10(15)6-8/h4-7H,1-3H3,(H2,16,17,18). The molecule has 0 amide bonds. The molecule has 2 aromatic rings. The Labute approximate surface area is 133 Å². The van der Waals surface area contributed by atoms with Gasteiger partial charge < -0.3 is 0 Å². The molecule has 1 heterocycles. The summed E-state index contributed by atoms with van der Waals surface area (Å²) in [5, 5.41) is 7.25. The first-order valence-corrected chi connectivity index (χ1v) is 8.37. The number of benzene rings is 1. The molecule has 2 N–H and O–H groups in total. The number of anilines is 1. The lowest BCUT2D eigenvalue weighted by molar-refractivity contribution is 0.567. The second kappa shape index (κ2) is 5.51. The third-order valence-electron chi connectivity index (χ3n) is 2.83. The summed E-state index contributed by atoms with van der Waals surface area (Å²) in [7, 11) is -3.76. The Morgan fingerprint density at radius 2 is 1.81 bits per heavy atom. The fraction of sp³-hybridized carbons (Fsp3) is 0.308. The molecule has 0 atom stereocenters. The van der Waals surface area contributed by atoms with Crippen LogP contribution in [0.2, 0.25) is 10.0 Å². The minimum atomic E-state index is -3.76. The highest BCUT2D eigenvalue weighted by atomic mass is 35.5. The summed E-state index contributed by atoms with van der Waals surface area (Å²) in [5.74, 6) is 0.228. The van der Waals surface area contributed by atoms with Crippen LogP contribution >= 0.6 is 23.2 Å². The maximum atomic E-state index is 12.3. The smallest absolute Gasteiger partial charge is 0.263 e. The van der Waals surface area contributed by atoms with Gasteiger partial charge in [-0.1, -0.05) is 44.0 Å². The summed E-state index contributed by atoms with van der Waals surface area (Å²) in [4.78, 5) is 0.0252. The van der Waals surface area contributed by atoms with Crippen LogP contribution in [0, 0.1) is 0 Å². The van der Waals surface area contributed by atoms with Gasteiger partial charge in [0.2, 0.25) is 0 Å². The maximum Gasteiger partial charge on any atom is 0.263 e. The number of H-pyrrole nitrogens is 1. The van der Waals surface area contributed by atoms with Crippen LogP contribution in [0.3, 0.4) is 0 Å². The van der Waals surface area contributed by atoms with Crippen molar-refractivity contribution in [1.29, 1.82) is 0 Å². The number of hydrogen-bond acceptors (Lipinski definition) is 3. The topological polar surface area (TPSA) is 74.8 Å². The molecule has 21 heavy (non-hydrogen) atoms. The van der Waals surface area contributed by atoms with Gasteiger partial charge in [-0.2, -0.15) is 5.10 Å². The fourth-order valence-electron chi connectivity index (χ4n) is 1.60. The van der Waals surface area contributed by atoms with Crippen molar-refractivity contribution in [1.82, 2.24) is 10.2 Å². The lowest BCUT2D eigenvalue weighted by Gasteiger charge is -2.14. The number of rotatable bonds is 3. The molecule has 5 nitrogen and oxygen atoms in total. The quantitative estimate of drug-likeness (QED) is 0.886. The summed E-state index contributed by atoms with van der Waals surface area (Å²) in [6.45, 7) is 5.99. The van der Waals surface area contributed by atoms with Crippen LogP contribution in [0.4, 0.5) is 5.82 Å². The second-order valence-corrected chi connectivity index (χ2v) is 8.10. The predicted octanol–water partition coefficient (Wildman–Crippen LogP) is 3.81. The Hall–Kier alpha value is -1.24. The minimum Gasteiger partial charge on any atom is -0.280 e. The largest absolute Gasteiger partial charge is 0.280 e. The van der Waals surface area contributed by atoms with Gasteiger partial charge in [-0.3, -0.25) is 9.82 Å². The summed E-state index contributed by atoms with van der Waals surface area (Å²) >= 11 is 11.6. The van der Waals surface area contributed by atoms with Crippen LogP contribution in [0.25, 0.3) is 0 Å². The van der Waals surface area contributed by atoms with E-state index in [0.717, 1.165) is 5.69 Å². The van der Waals surface area contributed by atoms with Crippen LogP contribution in [-0.2, 0) is 15.4 Å². The van der Waals surface area contributed by atoms with Crippen molar-refractivity contribution in [2.45, 2.75) is 31.1 Å². The number of aromatic amines is 1.